The van der Waals surface area contributed by atoms with E-state index >= 15 is 0 Å². The van der Waals surface area contributed by atoms with Crippen LogP contribution in [0.2, 0.25) is 0 Å². The van der Waals surface area contributed by atoms with E-state index in [-0.39, 0.29) is 6.10 Å². The third-order valence-corrected chi connectivity index (χ3v) is 3.17. The van der Waals surface area contributed by atoms with Crippen molar-refractivity contribution in [3.05, 3.63) is 0 Å². The lowest BCUT2D eigenvalue weighted by Crippen LogP contribution is -2.17. The van der Waals surface area contributed by atoms with E-state index in [1.165, 1.54) is 25.7 Å². The second kappa shape index (κ2) is 5.87. The van der Waals surface area contributed by atoms with E-state index in [0.29, 0.717) is 5.92 Å². The van der Waals surface area contributed by atoms with Crippen LogP contribution in [0.5, 0.6) is 0 Å². The van der Waals surface area contributed by atoms with Gasteiger partial charge >= 0.3 is 0 Å². The molecule has 0 spiro atoms. The van der Waals surface area contributed by atoms with Crippen LogP contribution in [0.1, 0.15) is 44.9 Å². The number of hydrogen-bond acceptors (Lipinski definition) is 2. The molecule has 0 amide bonds. The van der Waals surface area contributed by atoms with Gasteiger partial charge in [0.15, 0.2) is 0 Å². The van der Waals surface area contributed by atoms with Crippen molar-refractivity contribution < 1.29 is 5.11 Å². The molecule has 1 aliphatic carbocycles. The minimum absolute atomic E-state index is 0.0209. The summed E-state index contributed by atoms with van der Waals surface area (Å²) in [5.74, 6) is 1.57. The van der Waals surface area contributed by atoms with Crippen molar-refractivity contribution in [2.45, 2.75) is 51.0 Å². The Morgan fingerprint density at radius 2 is 1.92 bits per heavy atom. The van der Waals surface area contributed by atoms with Gasteiger partial charge in [-0.15, -0.1) is 0 Å². The van der Waals surface area contributed by atoms with Crippen LogP contribution in [0, 0.1) is 5.92 Å². The van der Waals surface area contributed by atoms with Crippen LogP contribution in [0.25, 0.3) is 0 Å². The third-order valence-electron chi connectivity index (χ3n) is 2.85. The number of rotatable bonds is 5. The van der Waals surface area contributed by atoms with Crippen molar-refractivity contribution in [3.63, 3.8) is 0 Å². The molecule has 72 valence electrons. The Bertz CT molecular complexity index is 110. The minimum atomic E-state index is -0.0209. The second-order valence-electron chi connectivity index (χ2n) is 3.83. The molecule has 12 heavy (non-hydrogen) atoms. The molecule has 2 heteroatoms. The number of aliphatic hydroxyl groups excluding tert-OH is 1. The van der Waals surface area contributed by atoms with Crippen molar-refractivity contribution in [3.8, 4) is 0 Å². The van der Waals surface area contributed by atoms with E-state index in [0.717, 1.165) is 25.0 Å². The highest BCUT2D eigenvalue weighted by molar-refractivity contribution is 7.80. The van der Waals surface area contributed by atoms with E-state index in [1.54, 1.807) is 0 Å². The summed E-state index contributed by atoms with van der Waals surface area (Å²) in [5.41, 5.74) is 0. The summed E-state index contributed by atoms with van der Waals surface area (Å²) in [7, 11) is 0. The predicted octanol–water partition coefficient (Wildman–Crippen LogP) is 2.64. The summed E-state index contributed by atoms with van der Waals surface area (Å²) in [6.07, 6.45) is 8.42. The van der Waals surface area contributed by atoms with Crippen LogP contribution in [-0.4, -0.2) is 17.0 Å². The van der Waals surface area contributed by atoms with Gasteiger partial charge in [-0.25, -0.2) is 0 Å². The zero-order valence-electron chi connectivity index (χ0n) is 7.71. The fraction of sp³-hybridized carbons (Fsp3) is 1.00. The van der Waals surface area contributed by atoms with Gasteiger partial charge in [0.2, 0.25) is 0 Å². The standard InChI is InChI=1S/C10H20OS/c11-10(7-3-4-8-12)9-5-1-2-6-9/h9-12H,1-8H2. The second-order valence-corrected chi connectivity index (χ2v) is 4.28. The maximum absolute atomic E-state index is 9.75. The first-order chi connectivity index (χ1) is 5.84. The van der Waals surface area contributed by atoms with Gasteiger partial charge in [-0.05, 0) is 37.4 Å². The van der Waals surface area contributed by atoms with Gasteiger partial charge in [-0.1, -0.05) is 19.3 Å². The Hall–Kier alpha value is 0.310. The van der Waals surface area contributed by atoms with Crippen molar-refractivity contribution in [2.24, 2.45) is 5.92 Å². The fourth-order valence-corrected chi connectivity index (χ4v) is 2.27. The average molecular weight is 188 g/mol. The van der Waals surface area contributed by atoms with Crippen molar-refractivity contribution in [1.29, 1.82) is 0 Å². The smallest absolute Gasteiger partial charge is 0.0568 e. The van der Waals surface area contributed by atoms with Gasteiger partial charge in [0.1, 0.15) is 0 Å². The van der Waals surface area contributed by atoms with E-state index in [9.17, 15) is 5.11 Å². The Kier molecular flexibility index (Phi) is 5.08. The first-order valence-electron chi connectivity index (χ1n) is 5.13. The molecule has 1 saturated carbocycles. The first-order valence-corrected chi connectivity index (χ1v) is 5.76. The molecule has 1 unspecified atom stereocenters. The molecule has 1 aliphatic rings. The molecule has 0 bridgehead atoms. The quantitative estimate of drug-likeness (QED) is 0.502. The van der Waals surface area contributed by atoms with E-state index in [2.05, 4.69) is 12.6 Å². The SMILES string of the molecule is OC(CCCCS)C1CCCC1. The molecule has 0 aromatic heterocycles. The molecular weight excluding hydrogens is 168 g/mol. The van der Waals surface area contributed by atoms with Crippen LogP contribution in [0.3, 0.4) is 0 Å². The Labute approximate surface area is 81.0 Å². The highest BCUT2D eigenvalue weighted by atomic mass is 32.1. The molecule has 0 aliphatic heterocycles. The van der Waals surface area contributed by atoms with Gasteiger partial charge < -0.3 is 5.11 Å². The molecule has 0 radical (unpaired) electrons. The van der Waals surface area contributed by atoms with Gasteiger partial charge in [-0.2, -0.15) is 12.6 Å². The van der Waals surface area contributed by atoms with Gasteiger partial charge in [0.05, 0.1) is 6.10 Å². The molecule has 0 aromatic rings. The molecule has 1 atom stereocenters. The fourth-order valence-electron chi connectivity index (χ4n) is 2.04. The lowest BCUT2D eigenvalue weighted by Gasteiger charge is -2.16. The minimum Gasteiger partial charge on any atom is -0.393 e. The highest BCUT2D eigenvalue weighted by Crippen LogP contribution is 2.29. The van der Waals surface area contributed by atoms with Gasteiger partial charge in [0.25, 0.3) is 0 Å². The summed E-state index contributed by atoms with van der Waals surface area (Å²) >= 11 is 4.15. The Morgan fingerprint density at radius 3 is 2.50 bits per heavy atom. The topological polar surface area (TPSA) is 20.2 Å². The summed E-state index contributed by atoms with van der Waals surface area (Å²) in [5, 5.41) is 9.75. The Morgan fingerprint density at radius 1 is 1.25 bits per heavy atom. The summed E-state index contributed by atoms with van der Waals surface area (Å²) < 4.78 is 0. The molecule has 0 heterocycles. The van der Waals surface area contributed by atoms with E-state index in [1.807, 2.05) is 0 Å². The van der Waals surface area contributed by atoms with Crippen LogP contribution < -0.4 is 0 Å². The van der Waals surface area contributed by atoms with E-state index < -0.39 is 0 Å². The molecule has 1 N–H and O–H groups in total. The zero-order valence-corrected chi connectivity index (χ0v) is 8.60. The number of thiol groups is 1. The van der Waals surface area contributed by atoms with Crippen molar-refractivity contribution in [2.75, 3.05) is 5.75 Å². The molecule has 1 fully saturated rings. The summed E-state index contributed by atoms with van der Waals surface area (Å²) in [4.78, 5) is 0. The maximum atomic E-state index is 9.75. The average Bonchev–Trinajstić information content (AvgIpc) is 2.56. The molecule has 0 aromatic carbocycles. The molecular formula is C10H20OS. The lowest BCUT2D eigenvalue weighted by molar-refractivity contribution is 0.0996. The molecule has 1 rings (SSSR count). The third kappa shape index (κ3) is 3.36. The first kappa shape index (κ1) is 10.4. The van der Waals surface area contributed by atoms with Crippen LogP contribution in [0.15, 0.2) is 0 Å². The summed E-state index contributed by atoms with van der Waals surface area (Å²) in [6, 6.07) is 0. The number of hydrogen-bond donors (Lipinski definition) is 2. The molecule has 0 saturated heterocycles. The number of unbranched alkanes of at least 4 members (excludes halogenated alkanes) is 1. The maximum Gasteiger partial charge on any atom is 0.0568 e. The lowest BCUT2D eigenvalue weighted by atomic mass is 9.96. The zero-order chi connectivity index (χ0) is 8.81. The number of aliphatic hydroxyl groups is 1. The predicted molar refractivity (Wildman–Crippen MR) is 55.7 cm³/mol. The van der Waals surface area contributed by atoms with Gasteiger partial charge in [0, 0.05) is 0 Å². The van der Waals surface area contributed by atoms with Crippen LogP contribution in [-0.2, 0) is 0 Å². The van der Waals surface area contributed by atoms with Crippen molar-refractivity contribution >= 4 is 12.6 Å². The molecule has 1 nitrogen and oxygen atoms in total. The van der Waals surface area contributed by atoms with Crippen LogP contribution >= 0.6 is 12.6 Å². The summed E-state index contributed by atoms with van der Waals surface area (Å²) in [6.45, 7) is 0. The monoisotopic (exact) mass is 188 g/mol. The van der Waals surface area contributed by atoms with Gasteiger partial charge in [-0.3, -0.25) is 0 Å². The van der Waals surface area contributed by atoms with E-state index in [4.69, 9.17) is 0 Å². The largest absolute Gasteiger partial charge is 0.393 e. The normalized spacial score (nSPS) is 21.5. The Balaban J connectivity index is 2.05. The highest BCUT2D eigenvalue weighted by Gasteiger charge is 2.22. The van der Waals surface area contributed by atoms with Crippen LogP contribution in [0.4, 0.5) is 0 Å². The van der Waals surface area contributed by atoms with Crippen molar-refractivity contribution in [1.82, 2.24) is 0 Å².